The predicted molar refractivity (Wildman–Crippen MR) is 95.3 cm³/mol. The molecule has 0 spiro atoms. The number of rotatable bonds is 5. The first-order chi connectivity index (χ1) is 11.8. The fourth-order valence-electron chi connectivity index (χ4n) is 4.20. The summed E-state index contributed by atoms with van der Waals surface area (Å²) in [7, 11) is 0. The Morgan fingerprint density at radius 2 is 2.04 bits per heavy atom. The number of benzene rings is 1. The number of nitrogens with zero attached hydrogens (tertiary/aromatic N) is 1. The third-order valence-electron chi connectivity index (χ3n) is 6.34. The Morgan fingerprint density at radius 3 is 2.64 bits per heavy atom. The van der Waals surface area contributed by atoms with Gasteiger partial charge >= 0.3 is 0 Å². The van der Waals surface area contributed by atoms with Crippen LogP contribution in [0.3, 0.4) is 0 Å². The smallest absolute Gasteiger partial charge is 0.277 e. The van der Waals surface area contributed by atoms with E-state index in [0.717, 1.165) is 18.6 Å². The first-order valence-corrected chi connectivity index (χ1v) is 8.63. The number of nitrogens with one attached hydrogen (secondary N) is 1. The minimum atomic E-state index is -0.589. The fraction of sp³-hybridized carbons (Fsp3) is 0.526. The van der Waals surface area contributed by atoms with Crippen molar-refractivity contribution >= 4 is 17.5 Å². The maximum atomic E-state index is 12.1. The Labute approximate surface area is 147 Å². The van der Waals surface area contributed by atoms with Crippen molar-refractivity contribution in [1.82, 2.24) is 5.43 Å². The minimum Gasteiger partial charge on any atom is -0.483 e. The van der Waals surface area contributed by atoms with E-state index >= 15 is 0 Å². The van der Waals surface area contributed by atoms with Crippen LogP contribution in [0.4, 0.5) is 0 Å². The van der Waals surface area contributed by atoms with E-state index in [2.05, 4.69) is 31.3 Å². The lowest BCUT2D eigenvalue weighted by atomic mass is 9.70. The van der Waals surface area contributed by atoms with Crippen molar-refractivity contribution in [1.29, 1.82) is 0 Å². The molecule has 2 atom stereocenters. The molecule has 0 saturated heterocycles. The number of carbonyl (C=O) groups is 2. The number of ether oxygens (including phenoxy) is 1. The van der Waals surface area contributed by atoms with Gasteiger partial charge in [0.05, 0.1) is 5.56 Å². The van der Waals surface area contributed by atoms with E-state index in [1.54, 1.807) is 24.3 Å². The van der Waals surface area contributed by atoms with Crippen LogP contribution in [-0.2, 0) is 4.79 Å². The van der Waals surface area contributed by atoms with Gasteiger partial charge in [-0.3, -0.25) is 9.59 Å². The van der Waals surface area contributed by atoms with Gasteiger partial charge in [0.1, 0.15) is 5.75 Å². The predicted octanol–water partition coefficient (Wildman–Crippen LogP) is 2.48. The number of nitrogens with two attached hydrogens (primary N) is 1. The molecule has 0 radical (unpaired) electrons. The largest absolute Gasteiger partial charge is 0.483 e. The average Bonchev–Trinajstić information content (AvgIpc) is 2.91. The molecule has 0 aromatic heterocycles. The van der Waals surface area contributed by atoms with Crippen LogP contribution in [0.15, 0.2) is 29.4 Å². The first-order valence-electron chi connectivity index (χ1n) is 8.63. The second kappa shape index (κ2) is 6.17. The van der Waals surface area contributed by atoms with Gasteiger partial charge in [-0.05, 0) is 42.7 Å². The van der Waals surface area contributed by atoms with Crippen molar-refractivity contribution in [3.05, 3.63) is 29.8 Å². The average molecular weight is 343 g/mol. The highest BCUT2D eigenvalue weighted by Crippen LogP contribution is 2.63. The Balaban J connectivity index is 1.61. The van der Waals surface area contributed by atoms with Gasteiger partial charge in [0.2, 0.25) is 0 Å². The number of hydrogen-bond acceptors (Lipinski definition) is 4. The molecule has 2 aliphatic rings. The number of hydrogen-bond donors (Lipinski definition) is 2. The van der Waals surface area contributed by atoms with E-state index < -0.39 is 5.91 Å². The molecule has 2 bridgehead atoms. The number of carbonyl (C=O) groups excluding carboxylic acids is 2. The van der Waals surface area contributed by atoms with Gasteiger partial charge in [-0.15, -0.1) is 0 Å². The van der Waals surface area contributed by atoms with Gasteiger partial charge in [0.15, 0.2) is 6.61 Å². The second-order valence-electron chi connectivity index (χ2n) is 7.74. The van der Waals surface area contributed by atoms with Crippen molar-refractivity contribution in [3.63, 3.8) is 0 Å². The van der Waals surface area contributed by atoms with Crippen LogP contribution in [0, 0.1) is 16.7 Å². The summed E-state index contributed by atoms with van der Waals surface area (Å²) in [5, 5.41) is 4.39. The molecular weight excluding hydrogens is 318 g/mol. The molecule has 3 rings (SSSR count). The number of primary amides is 1. The van der Waals surface area contributed by atoms with Crippen molar-refractivity contribution in [2.24, 2.45) is 27.6 Å². The summed E-state index contributed by atoms with van der Waals surface area (Å²) in [6.07, 6.45) is 3.28. The zero-order valence-corrected chi connectivity index (χ0v) is 15.0. The van der Waals surface area contributed by atoms with Gasteiger partial charge in [0.25, 0.3) is 11.8 Å². The normalized spacial score (nSPS) is 28.1. The Hall–Kier alpha value is -2.37. The third kappa shape index (κ3) is 2.90. The molecule has 2 aliphatic carbocycles. The van der Waals surface area contributed by atoms with Gasteiger partial charge in [-0.1, -0.05) is 32.9 Å². The highest BCUT2D eigenvalue weighted by atomic mass is 16.5. The molecule has 1 aromatic rings. The van der Waals surface area contributed by atoms with Crippen molar-refractivity contribution in [2.75, 3.05) is 6.61 Å². The van der Waals surface area contributed by atoms with Crippen molar-refractivity contribution < 1.29 is 14.3 Å². The molecule has 2 amide bonds. The maximum Gasteiger partial charge on any atom is 0.277 e. The van der Waals surface area contributed by atoms with Crippen LogP contribution in [0.5, 0.6) is 5.75 Å². The van der Waals surface area contributed by atoms with Crippen molar-refractivity contribution in [2.45, 2.75) is 40.0 Å². The van der Waals surface area contributed by atoms with E-state index in [-0.39, 0.29) is 28.9 Å². The molecule has 25 heavy (non-hydrogen) atoms. The molecule has 0 unspecified atom stereocenters. The summed E-state index contributed by atoms with van der Waals surface area (Å²) in [6, 6.07) is 6.58. The summed E-state index contributed by atoms with van der Waals surface area (Å²) in [5.41, 5.74) is 9.48. The zero-order valence-electron chi connectivity index (χ0n) is 15.0. The van der Waals surface area contributed by atoms with Crippen LogP contribution in [0.25, 0.3) is 0 Å². The molecule has 0 heterocycles. The molecule has 6 nitrogen and oxygen atoms in total. The Bertz CT molecular complexity index is 741. The monoisotopic (exact) mass is 343 g/mol. The van der Waals surface area contributed by atoms with Crippen molar-refractivity contribution in [3.8, 4) is 5.75 Å². The lowest BCUT2D eigenvalue weighted by molar-refractivity contribution is -0.123. The van der Waals surface area contributed by atoms with Gasteiger partial charge < -0.3 is 10.5 Å². The molecular formula is C19H25N3O3. The standard InChI is InChI=1S/C19H25N3O3/c1-18(2)12-8-9-19(18,3)15(10-12)21-22-16(23)11-25-14-7-5-4-6-13(14)17(20)24/h4-7,12H,8-11H2,1-3H3,(H2,20,24)(H,22,23)/b21-15+/t12-,19-/m0/s1. The molecule has 3 N–H and O–H groups in total. The van der Waals surface area contributed by atoms with Crippen LogP contribution < -0.4 is 15.9 Å². The molecule has 134 valence electrons. The van der Waals surface area contributed by atoms with E-state index in [1.165, 1.54) is 6.42 Å². The molecule has 2 saturated carbocycles. The topological polar surface area (TPSA) is 93.8 Å². The van der Waals surface area contributed by atoms with Crippen LogP contribution >= 0.6 is 0 Å². The number of hydrazone groups is 1. The molecule has 0 aliphatic heterocycles. The fourth-order valence-corrected chi connectivity index (χ4v) is 4.20. The minimum absolute atomic E-state index is 0.0460. The maximum absolute atomic E-state index is 12.1. The van der Waals surface area contributed by atoms with Gasteiger partial charge in [0, 0.05) is 11.1 Å². The SMILES string of the molecule is CC1(C)[C@H]2CC[C@@]1(C)/C(=N/NC(=O)COc1ccccc1C(N)=O)C2. The lowest BCUT2D eigenvalue weighted by Crippen LogP contribution is -2.35. The Morgan fingerprint density at radius 1 is 1.32 bits per heavy atom. The van der Waals surface area contributed by atoms with Gasteiger partial charge in [-0.2, -0.15) is 5.10 Å². The number of amides is 2. The van der Waals surface area contributed by atoms with Crippen LogP contribution in [0.1, 0.15) is 50.4 Å². The summed E-state index contributed by atoms with van der Waals surface area (Å²) >= 11 is 0. The van der Waals surface area contributed by atoms with Crippen LogP contribution in [0.2, 0.25) is 0 Å². The van der Waals surface area contributed by atoms with E-state index in [4.69, 9.17) is 10.5 Å². The van der Waals surface area contributed by atoms with E-state index in [1.807, 2.05) is 0 Å². The molecule has 6 heteroatoms. The first kappa shape index (κ1) is 17.5. The highest BCUT2D eigenvalue weighted by molar-refractivity contribution is 5.96. The lowest BCUT2D eigenvalue weighted by Gasteiger charge is -2.34. The summed E-state index contributed by atoms with van der Waals surface area (Å²) in [5.74, 6) is -0.0120. The highest BCUT2D eigenvalue weighted by Gasteiger charge is 2.59. The number of para-hydroxylation sites is 1. The van der Waals surface area contributed by atoms with E-state index in [9.17, 15) is 9.59 Å². The summed E-state index contributed by atoms with van der Waals surface area (Å²) in [4.78, 5) is 23.4. The third-order valence-corrected chi connectivity index (χ3v) is 6.34. The quantitative estimate of drug-likeness (QED) is 0.804. The number of fused-ring (bicyclic) bond motifs is 2. The Kier molecular flexibility index (Phi) is 4.31. The second-order valence-corrected chi connectivity index (χ2v) is 7.74. The van der Waals surface area contributed by atoms with Crippen LogP contribution in [-0.4, -0.2) is 24.1 Å². The molecule has 2 fully saturated rings. The summed E-state index contributed by atoms with van der Waals surface area (Å²) < 4.78 is 5.42. The molecule has 1 aromatic carbocycles. The zero-order chi connectivity index (χ0) is 18.2. The van der Waals surface area contributed by atoms with Gasteiger partial charge in [-0.25, -0.2) is 5.43 Å². The van der Waals surface area contributed by atoms with E-state index in [0.29, 0.717) is 11.7 Å². The summed E-state index contributed by atoms with van der Waals surface area (Å²) in [6.45, 7) is 6.60.